The highest BCUT2D eigenvalue weighted by molar-refractivity contribution is 7.44. The second kappa shape index (κ2) is 24.3. The molecule has 3 aliphatic rings. The van der Waals surface area contributed by atoms with E-state index in [0.29, 0.717) is 43.2 Å². The lowest BCUT2D eigenvalue weighted by atomic mass is 9.79. The van der Waals surface area contributed by atoms with Crippen molar-refractivity contribution in [2.45, 2.75) is 89.0 Å². The second-order valence-electron chi connectivity index (χ2n) is 20.4. The number of hydrogen-bond donors (Lipinski definition) is 1. The van der Waals surface area contributed by atoms with Crippen LogP contribution in [0, 0.1) is 18.3 Å². The average molecular weight is 1070 g/mol. The van der Waals surface area contributed by atoms with Crippen molar-refractivity contribution in [3.8, 4) is 28.7 Å². The third-order valence-corrected chi connectivity index (χ3v) is 17.0. The van der Waals surface area contributed by atoms with Gasteiger partial charge in [0.25, 0.3) is 14.1 Å². The maximum Gasteiger partial charge on any atom is 0.409 e. The number of nitriles is 1. The van der Waals surface area contributed by atoms with Crippen molar-refractivity contribution in [3.63, 3.8) is 0 Å². The van der Waals surface area contributed by atoms with Crippen molar-refractivity contribution in [1.29, 1.82) is 5.26 Å². The van der Waals surface area contributed by atoms with Gasteiger partial charge in [0.15, 0.2) is 0 Å². The number of nitrogens with one attached hydrogen (secondary N) is 1. The van der Waals surface area contributed by atoms with E-state index in [0.717, 1.165) is 38.9 Å². The number of carbonyl (C=O) groups excluding carboxylic acids is 1. The summed E-state index contributed by atoms with van der Waals surface area (Å²) in [5, 5.41) is 9.68. The summed E-state index contributed by atoms with van der Waals surface area (Å²) < 4.78 is 50.2. The largest absolute Gasteiger partial charge is 0.497 e. The monoisotopic (exact) mass is 1060 g/mol. The molecule has 6 aromatic rings. The lowest BCUT2D eigenvalue weighted by Gasteiger charge is -2.45. The van der Waals surface area contributed by atoms with Crippen LogP contribution in [-0.2, 0) is 28.9 Å². The molecule has 0 bridgehead atoms. The summed E-state index contributed by atoms with van der Waals surface area (Å²) in [5.74, 6) is 1.26. The predicted octanol–water partition coefficient (Wildman–Crippen LogP) is 9.76. The van der Waals surface area contributed by atoms with Crippen LogP contribution in [0.5, 0.6) is 11.5 Å². The quantitative estimate of drug-likeness (QED) is 0.0411. The molecule has 1 aromatic heterocycles. The Bertz CT molecular complexity index is 3020. The fourth-order valence-electron chi connectivity index (χ4n) is 11.1. The molecule has 2 aliphatic heterocycles. The van der Waals surface area contributed by atoms with E-state index < -0.39 is 43.3 Å². The van der Waals surface area contributed by atoms with Crippen LogP contribution >= 0.6 is 8.53 Å². The Morgan fingerprint density at radius 3 is 1.92 bits per heavy atom. The summed E-state index contributed by atoms with van der Waals surface area (Å²) in [6, 6.07) is 44.3. The van der Waals surface area contributed by atoms with Gasteiger partial charge in [0.1, 0.15) is 41.6 Å². The molecule has 0 saturated carbocycles. The molecule has 1 N–H and O–H groups in total. The summed E-state index contributed by atoms with van der Waals surface area (Å²) in [7, 11) is 1.39. The fourth-order valence-corrected chi connectivity index (χ4v) is 12.9. The molecule has 0 radical (unpaired) electrons. The van der Waals surface area contributed by atoms with E-state index in [-0.39, 0.29) is 63.3 Å². The fraction of sp³-hybridized carbons (Fsp3) is 0.400. The van der Waals surface area contributed by atoms with Gasteiger partial charge in [0, 0.05) is 68.9 Å². The van der Waals surface area contributed by atoms with Crippen molar-refractivity contribution in [1.82, 2.24) is 24.0 Å². The van der Waals surface area contributed by atoms with Crippen molar-refractivity contribution in [3.05, 3.63) is 188 Å². The second-order valence-corrected chi connectivity index (χ2v) is 21.8. The number of piperazine rings is 1. The number of nitrogens with zero attached hydrogens (tertiary/aromatic N) is 5. The molecule has 2 saturated heterocycles. The first-order chi connectivity index (χ1) is 37.3. The Morgan fingerprint density at radius 2 is 1.36 bits per heavy atom. The van der Waals surface area contributed by atoms with E-state index in [2.05, 4.69) is 72.6 Å². The summed E-state index contributed by atoms with van der Waals surface area (Å²) in [6.45, 7) is 12.0. The van der Waals surface area contributed by atoms with Crippen LogP contribution in [0.15, 0.2) is 143 Å². The molecule has 5 aromatic carbocycles. The van der Waals surface area contributed by atoms with Crippen LogP contribution in [0.4, 0.5) is 4.79 Å². The Labute approximate surface area is 452 Å². The van der Waals surface area contributed by atoms with Gasteiger partial charge in [-0.25, -0.2) is 14.3 Å². The molecular formula is C60H69N6O10P. The van der Waals surface area contributed by atoms with Crippen LogP contribution in [0.2, 0.25) is 0 Å². The minimum absolute atomic E-state index is 0.0294. The normalized spacial score (nSPS) is 19.1. The maximum absolute atomic E-state index is 14.0. The molecule has 4 atom stereocenters. The van der Waals surface area contributed by atoms with Crippen molar-refractivity contribution >= 4 is 14.6 Å². The lowest BCUT2D eigenvalue weighted by molar-refractivity contribution is -0.169. The first kappa shape index (κ1) is 55.1. The summed E-state index contributed by atoms with van der Waals surface area (Å²) >= 11 is 0. The van der Waals surface area contributed by atoms with Crippen LogP contribution in [0.25, 0.3) is 11.1 Å². The number of rotatable bonds is 21. The molecule has 1 aliphatic carbocycles. The van der Waals surface area contributed by atoms with E-state index in [1.165, 1.54) is 10.8 Å². The highest BCUT2D eigenvalue weighted by atomic mass is 31.2. The zero-order valence-corrected chi connectivity index (χ0v) is 45.8. The number of amides is 1. The Balaban J connectivity index is 1.11. The van der Waals surface area contributed by atoms with Gasteiger partial charge in [-0.05, 0) is 97.8 Å². The molecule has 404 valence electrons. The molecular weight excluding hydrogens is 996 g/mol. The van der Waals surface area contributed by atoms with Gasteiger partial charge in [-0.15, -0.1) is 0 Å². The smallest absolute Gasteiger partial charge is 0.409 e. The number of aromatic nitrogens is 2. The van der Waals surface area contributed by atoms with Crippen molar-refractivity contribution in [2.24, 2.45) is 0 Å². The Kier molecular flexibility index (Phi) is 17.4. The first-order valence-electron chi connectivity index (χ1n) is 26.3. The SMILES string of the molecule is COc1ccc(C(OC[C@@]2(CN3CCN(C(=O)OCC4c5ccccc5-c5ccccc54)CC3)O[C@@H](n3cc(C)c(=O)[nH]c3=O)C[C@@H]2OP(OCCC#N)N(C(C)C)C(C)C)(c2ccccc2)c2ccc(OC)cc2)cc1. The van der Waals surface area contributed by atoms with Gasteiger partial charge in [-0.1, -0.05) is 103 Å². The number of H-pyrrole nitrogens is 1. The van der Waals surface area contributed by atoms with Gasteiger partial charge in [0.2, 0.25) is 0 Å². The van der Waals surface area contributed by atoms with Crippen molar-refractivity contribution < 1.29 is 37.5 Å². The Morgan fingerprint density at radius 1 is 0.805 bits per heavy atom. The highest BCUT2D eigenvalue weighted by Crippen LogP contribution is 2.54. The number of benzene rings is 5. The van der Waals surface area contributed by atoms with E-state index >= 15 is 0 Å². The standard InChI is InChI=1S/C60H69N6O10P/c1-41(2)66(42(3)4)77(74-35-15-30-61)76-54-36-55(65-37-43(5)56(67)62-57(65)68)75-59(54,39-63-31-33-64(34-32-63)58(69)72-38-53-51-20-13-11-18-49(51)50-19-12-14-21-52(50)53)40-73-60(44-16-9-8-10-17-44,45-22-26-47(70-6)27-23-45)46-24-28-48(71-7)29-25-46/h8-14,16-29,37,41-42,53-55H,15,31-36,38-40H2,1-7H3,(H,62,67,68)/t54-,55+,59+,77?/m0/s1. The molecule has 77 heavy (non-hydrogen) atoms. The maximum atomic E-state index is 14.0. The number of hydrogen-bond acceptors (Lipinski definition) is 13. The molecule has 3 heterocycles. The summed E-state index contributed by atoms with van der Waals surface area (Å²) in [6.07, 6.45) is -0.318. The number of ether oxygens (including phenoxy) is 5. The van der Waals surface area contributed by atoms with Gasteiger partial charge < -0.3 is 37.6 Å². The third-order valence-electron chi connectivity index (χ3n) is 14.9. The number of aromatic amines is 1. The van der Waals surface area contributed by atoms with Crippen LogP contribution < -0.4 is 20.7 Å². The summed E-state index contributed by atoms with van der Waals surface area (Å²) in [4.78, 5) is 47.3. The average Bonchev–Trinajstić information content (AvgIpc) is 3.99. The third kappa shape index (κ3) is 11.6. The van der Waals surface area contributed by atoms with E-state index in [9.17, 15) is 19.6 Å². The van der Waals surface area contributed by atoms with Gasteiger partial charge in [0.05, 0.1) is 39.9 Å². The minimum atomic E-state index is -1.87. The van der Waals surface area contributed by atoms with Gasteiger partial charge in [-0.2, -0.15) is 5.26 Å². The first-order valence-corrected chi connectivity index (χ1v) is 27.5. The molecule has 0 spiro atoms. The molecule has 1 amide bonds. The zero-order valence-electron chi connectivity index (χ0n) is 44.9. The van der Waals surface area contributed by atoms with E-state index in [1.807, 2.05) is 103 Å². The van der Waals surface area contributed by atoms with Crippen LogP contribution in [0.3, 0.4) is 0 Å². The van der Waals surface area contributed by atoms with Crippen molar-refractivity contribution in [2.75, 3.05) is 66.8 Å². The Hall–Kier alpha value is -6.67. The lowest BCUT2D eigenvalue weighted by Crippen LogP contribution is -2.59. The number of methoxy groups -OCH3 is 2. The van der Waals surface area contributed by atoms with Crippen LogP contribution in [-0.4, -0.2) is 121 Å². The van der Waals surface area contributed by atoms with E-state index in [1.54, 1.807) is 26.0 Å². The molecule has 17 heteroatoms. The number of aryl methyl sites for hydroxylation is 1. The topological polar surface area (TPSA) is 170 Å². The van der Waals surface area contributed by atoms with E-state index in [4.69, 9.17) is 32.7 Å². The van der Waals surface area contributed by atoms with Gasteiger partial charge >= 0.3 is 11.8 Å². The zero-order chi connectivity index (χ0) is 54.3. The van der Waals surface area contributed by atoms with Gasteiger partial charge in [-0.3, -0.25) is 19.2 Å². The molecule has 16 nitrogen and oxygen atoms in total. The summed E-state index contributed by atoms with van der Waals surface area (Å²) in [5.41, 5.74) is 3.57. The number of fused-ring (bicyclic) bond motifs is 3. The van der Waals surface area contributed by atoms with Crippen LogP contribution in [0.1, 0.15) is 86.1 Å². The number of carbonyl (C=O) groups is 1. The highest BCUT2D eigenvalue weighted by Gasteiger charge is 2.55. The predicted molar refractivity (Wildman–Crippen MR) is 295 cm³/mol. The minimum Gasteiger partial charge on any atom is -0.497 e. The molecule has 9 rings (SSSR count). The molecule has 1 unspecified atom stereocenters. The molecule has 2 fully saturated rings.